The Balaban J connectivity index is 2.91. The molecule has 3 N–H and O–H groups in total. The first-order chi connectivity index (χ1) is 8.45. The van der Waals surface area contributed by atoms with Crippen molar-refractivity contribution in [3.05, 3.63) is 28.8 Å². The molecular weight excluding hydrogens is 258 g/mol. The number of rotatable bonds is 4. The lowest BCUT2D eigenvalue weighted by Gasteiger charge is -2.12. The first kappa shape index (κ1) is 13.9. The van der Waals surface area contributed by atoms with Crippen molar-refractivity contribution in [3.8, 4) is 18.1 Å². The van der Waals surface area contributed by atoms with Crippen LogP contribution in [0.25, 0.3) is 0 Å². The monoisotopic (exact) mass is 267 g/mol. The highest BCUT2D eigenvalue weighted by Crippen LogP contribution is 2.21. The van der Waals surface area contributed by atoms with Gasteiger partial charge in [0.15, 0.2) is 0 Å². The number of amides is 1. The summed E-state index contributed by atoms with van der Waals surface area (Å²) in [6.07, 6.45) is 4.85. The SMILES string of the molecule is C#CCC(NC(=O)c1cc(Cl)ccc1O)C(=O)O. The highest BCUT2D eigenvalue weighted by molar-refractivity contribution is 6.31. The third-order valence-corrected chi connectivity index (χ3v) is 2.36. The van der Waals surface area contributed by atoms with Crippen LogP contribution in [0.2, 0.25) is 5.02 Å². The molecule has 1 rings (SSSR count). The molecule has 0 radical (unpaired) electrons. The molecule has 1 unspecified atom stereocenters. The largest absolute Gasteiger partial charge is 0.507 e. The molecule has 0 aliphatic heterocycles. The zero-order valence-electron chi connectivity index (χ0n) is 9.18. The minimum absolute atomic E-state index is 0.106. The fraction of sp³-hybridized carbons (Fsp3) is 0.167. The minimum Gasteiger partial charge on any atom is -0.507 e. The molecule has 6 heteroatoms. The Morgan fingerprint density at radius 2 is 2.17 bits per heavy atom. The Morgan fingerprint density at radius 1 is 1.50 bits per heavy atom. The summed E-state index contributed by atoms with van der Waals surface area (Å²) in [6.45, 7) is 0. The van der Waals surface area contributed by atoms with Gasteiger partial charge in [-0.05, 0) is 18.2 Å². The molecule has 0 heterocycles. The number of carboxylic acid groups (broad SMARTS) is 1. The number of nitrogens with one attached hydrogen (secondary N) is 1. The second kappa shape index (κ2) is 5.94. The molecular formula is C12H10ClNO4. The standard InChI is InChI=1S/C12H10ClNO4/c1-2-3-9(12(17)18)14-11(16)8-6-7(13)4-5-10(8)15/h1,4-6,9,15H,3H2,(H,14,16)(H,17,18). The van der Waals surface area contributed by atoms with Gasteiger partial charge in [-0.3, -0.25) is 4.79 Å². The van der Waals surface area contributed by atoms with Crippen LogP contribution < -0.4 is 5.32 Å². The fourth-order valence-electron chi connectivity index (χ4n) is 1.24. The molecule has 0 spiro atoms. The molecule has 5 nitrogen and oxygen atoms in total. The topological polar surface area (TPSA) is 86.6 Å². The van der Waals surface area contributed by atoms with Crippen LogP contribution in [0.3, 0.4) is 0 Å². The van der Waals surface area contributed by atoms with Crippen LogP contribution in [0.1, 0.15) is 16.8 Å². The van der Waals surface area contributed by atoms with Crippen LogP contribution >= 0.6 is 11.6 Å². The van der Waals surface area contributed by atoms with E-state index >= 15 is 0 Å². The van der Waals surface area contributed by atoms with Crippen molar-refractivity contribution in [2.45, 2.75) is 12.5 Å². The number of carbonyl (C=O) groups excluding carboxylic acids is 1. The molecule has 0 aliphatic carbocycles. The maximum Gasteiger partial charge on any atom is 0.327 e. The van der Waals surface area contributed by atoms with Gasteiger partial charge in [0.2, 0.25) is 0 Å². The van der Waals surface area contributed by atoms with Crippen molar-refractivity contribution >= 4 is 23.5 Å². The molecule has 1 aromatic carbocycles. The average molecular weight is 268 g/mol. The van der Waals surface area contributed by atoms with E-state index in [1.165, 1.54) is 18.2 Å². The van der Waals surface area contributed by atoms with Gasteiger partial charge in [-0.15, -0.1) is 12.3 Å². The molecule has 0 bridgehead atoms. The van der Waals surface area contributed by atoms with E-state index < -0.39 is 17.9 Å². The van der Waals surface area contributed by atoms with Crippen molar-refractivity contribution < 1.29 is 19.8 Å². The summed E-state index contributed by atoms with van der Waals surface area (Å²) in [6, 6.07) is 2.68. The van der Waals surface area contributed by atoms with Crippen LogP contribution in [0.4, 0.5) is 0 Å². The zero-order valence-corrected chi connectivity index (χ0v) is 9.94. The Labute approximate surface area is 108 Å². The maximum absolute atomic E-state index is 11.7. The number of hydrogen-bond acceptors (Lipinski definition) is 3. The van der Waals surface area contributed by atoms with E-state index in [2.05, 4.69) is 11.2 Å². The van der Waals surface area contributed by atoms with Gasteiger partial charge in [-0.2, -0.15) is 0 Å². The lowest BCUT2D eigenvalue weighted by Crippen LogP contribution is -2.40. The Morgan fingerprint density at radius 3 is 2.72 bits per heavy atom. The summed E-state index contributed by atoms with van der Waals surface area (Å²) in [4.78, 5) is 22.6. The molecule has 0 fully saturated rings. The predicted molar refractivity (Wildman–Crippen MR) is 65.5 cm³/mol. The van der Waals surface area contributed by atoms with Crippen LogP contribution in [0.5, 0.6) is 5.75 Å². The predicted octanol–water partition coefficient (Wildman–Crippen LogP) is 1.25. The number of aromatic hydroxyl groups is 1. The highest BCUT2D eigenvalue weighted by Gasteiger charge is 2.21. The van der Waals surface area contributed by atoms with Gasteiger partial charge < -0.3 is 15.5 Å². The smallest absolute Gasteiger partial charge is 0.327 e. The molecule has 1 aromatic rings. The van der Waals surface area contributed by atoms with Crippen molar-refractivity contribution in [1.29, 1.82) is 0 Å². The first-order valence-corrected chi connectivity index (χ1v) is 5.29. The molecule has 1 amide bonds. The normalized spacial score (nSPS) is 11.3. The van der Waals surface area contributed by atoms with E-state index in [-0.39, 0.29) is 22.8 Å². The van der Waals surface area contributed by atoms with Crippen molar-refractivity contribution in [3.63, 3.8) is 0 Å². The van der Waals surface area contributed by atoms with Gasteiger partial charge in [0.1, 0.15) is 11.8 Å². The summed E-state index contributed by atoms with van der Waals surface area (Å²) in [5.41, 5.74) is -0.106. The van der Waals surface area contributed by atoms with Gasteiger partial charge in [0.05, 0.1) is 5.56 Å². The third kappa shape index (κ3) is 3.40. The summed E-state index contributed by atoms with van der Waals surface area (Å²) < 4.78 is 0. The molecule has 1 atom stereocenters. The van der Waals surface area contributed by atoms with E-state index in [1.54, 1.807) is 0 Å². The first-order valence-electron chi connectivity index (χ1n) is 4.91. The summed E-state index contributed by atoms with van der Waals surface area (Å²) >= 11 is 5.68. The highest BCUT2D eigenvalue weighted by atomic mass is 35.5. The number of terminal acetylenes is 1. The Bertz CT molecular complexity index is 521. The Hall–Kier alpha value is -2.19. The number of carboxylic acids is 1. The molecule has 0 saturated heterocycles. The van der Waals surface area contributed by atoms with Gasteiger partial charge >= 0.3 is 5.97 Å². The number of aliphatic carboxylic acids is 1. The minimum atomic E-state index is -1.25. The molecule has 18 heavy (non-hydrogen) atoms. The van der Waals surface area contributed by atoms with Crippen molar-refractivity contribution in [2.75, 3.05) is 0 Å². The van der Waals surface area contributed by atoms with Crippen LogP contribution in [0.15, 0.2) is 18.2 Å². The van der Waals surface area contributed by atoms with E-state index in [9.17, 15) is 14.7 Å². The Kier molecular flexibility index (Phi) is 4.58. The van der Waals surface area contributed by atoms with E-state index in [4.69, 9.17) is 23.1 Å². The second-order valence-corrected chi connectivity index (χ2v) is 3.87. The maximum atomic E-state index is 11.7. The molecule has 0 aromatic heterocycles. The second-order valence-electron chi connectivity index (χ2n) is 3.43. The van der Waals surface area contributed by atoms with Crippen LogP contribution in [0, 0.1) is 12.3 Å². The number of hydrogen-bond donors (Lipinski definition) is 3. The van der Waals surface area contributed by atoms with E-state index in [1.807, 2.05) is 0 Å². The van der Waals surface area contributed by atoms with Gasteiger partial charge in [0.25, 0.3) is 5.91 Å². The van der Waals surface area contributed by atoms with Gasteiger partial charge in [-0.1, -0.05) is 11.6 Å². The number of phenolic OH excluding ortho intramolecular Hbond substituents is 1. The van der Waals surface area contributed by atoms with Crippen LogP contribution in [-0.2, 0) is 4.79 Å². The zero-order chi connectivity index (χ0) is 13.7. The number of benzene rings is 1. The van der Waals surface area contributed by atoms with Gasteiger partial charge in [-0.25, -0.2) is 4.79 Å². The molecule has 0 saturated carbocycles. The lowest BCUT2D eigenvalue weighted by molar-refractivity contribution is -0.139. The summed E-state index contributed by atoms with van der Waals surface area (Å²) in [7, 11) is 0. The molecule has 94 valence electrons. The summed E-state index contributed by atoms with van der Waals surface area (Å²) in [5, 5.41) is 20.8. The number of halogens is 1. The van der Waals surface area contributed by atoms with Crippen molar-refractivity contribution in [2.24, 2.45) is 0 Å². The third-order valence-electron chi connectivity index (χ3n) is 2.13. The van der Waals surface area contributed by atoms with E-state index in [0.29, 0.717) is 0 Å². The van der Waals surface area contributed by atoms with Crippen molar-refractivity contribution in [1.82, 2.24) is 5.32 Å². The molecule has 0 aliphatic rings. The van der Waals surface area contributed by atoms with E-state index in [0.717, 1.165) is 0 Å². The van der Waals surface area contributed by atoms with Crippen LogP contribution in [-0.4, -0.2) is 28.1 Å². The summed E-state index contributed by atoms with van der Waals surface area (Å²) in [5.74, 6) is -0.142. The number of carbonyl (C=O) groups is 2. The fourth-order valence-corrected chi connectivity index (χ4v) is 1.42. The average Bonchev–Trinajstić information content (AvgIpc) is 2.31. The lowest BCUT2D eigenvalue weighted by atomic mass is 10.1. The number of phenols is 1. The van der Waals surface area contributed by atoms with Gasteiger partial charge in [0, 0.05) is 11.4 Å². The quantitative estimate of drug-likeness (QED) is 0.717.